The van der Waals surface area contributed by atoms with E-state index >= 15 is 0 Å². The molecule has 2 aromatic heterocycles. The Morgan fingerprint density at radius 2 is 1.80 bits per heavy atom. The number of pyridine rings is 1. The molecule has 0 aliphatic rings. The summed E-state index contributed by atoms with van der Waals surface area (Å²) in [4.78, 5) is 4.61. The molecular weight excluding hydrogens is 312 g/mol. The van der Waals surface area contributed by atoms with Gasteiger partial charge in [-0.25, -0.2) is 9.67 Å². The predicted octanol–water partition coefficient (Wildman–Crippen LogP) is 4.04. The van der Waals surface area contributed by atoms with Gasteiger partial charge in [0.05, 0.1) is 30.6 Å². The smallest absolute Gasteiger partial charge is 0.126 e. The highest BCUT2D eigenvalue weighted by molar-refractivity contribution is 5.80. The number of hydrogen-bond donors (Lipinski definition) is 1. The molecule has 0 fully saturated rings. The molecule has 5 heteroatoms. The lowest BCUT2D eigenvalue weighted by Gasteiger charge is -2.05. The van der Waals surface area contributed by atoms with Crippen LogP contribution in [-0.4, -0.2) is 21.9 Å². The van der Waals surface area contributed by atoms with E-state index in [1.165, 1.54) is 0 Å². The number of ether oxygens (including phenoxy) is 1. The first-order chi connectivity index (χ1) is 12.3. The van der Waals surface area contributed by atoms with Gasteiger partial charge in [0.15, 0.2) is 0 Å². The standard InChI is InChI=1S/C20H18N4O/c1-25-18-9-7-17(8-10-18)24-13-12-16(23-24)14-21-20-11-6-15-4-2-3-5-19(15)22-20/h2-13H,14H2,1H3,(H,21,22). The Morgan fingerprint density at radius 1 is 0.960 bits per heavy atom. The molecule has 1 N–H and O–H groups in total. The number of anilines is 1. The SMILES string of the molecule is COc1ccc(-n2ccc(CNc3ccc4ccccc4n3)n2)cc1. The van der Waals surface area contributed by atoms with Crippen molar-refractivity contribution in [1.29, 1.82) is 0 Å². The average molecular weight is 330 g/mol. The molecule has 0 amide bonds. The summed E-state index contributed by atoms with van der Waals surface area (Å²) in [6, 6.07) is 21.9. The quantitative estimate of drug-likeness (QED) is 0.600. The number of rotatable bonds is 5. The van der Waals surface area contributed by atoms with E-state index in [-0.39, 0.29) is 0 Å². The zero-order valence-electron chi connectivity index (χ0n) is 13.9. The van der Waals surface area contributed by atoms with Crippen LogP contribution in [0.1, 0.15) is 5.69 Å². The Balaban J connectivity index is 1.46. The van der Waals surface area contributed by atoms with E-state index in [0.717, 1.165) is 33.9 Å². The molecular formula is C20H18N4O. The van der Waals surface area contributed by atoms with Crippen LogP contribution in [0, 0.1) is 0 Å². The van der Waals surface area contributed by atoms with Crippen LogP contribution in [0.15, 0.2) is 72.9 Å². The number of hydrogen-bond acceptors (Lipinski definition) is 4. The van der Waals surface area contributed by atoms with Gasteiger partial charge >= 0.3 is 0 Å². The van der Waals surface area contributed by atoms with Gasteiger partial charge in [-0.3, -0.25) is 0 Å². The lowest BCUT2D eigenvalue weighted by Crippen LogP contribution is -2.03. The molecule has 0 unspecified atom stereocenters. The van der Waals surface area contributed by atoms with Crippen LogP contribution in [0.3, 0.4) is 0 Å². The topological polar surface area (TPSA) is 52.0 Å². The molecule has 2 heterocycles. The molecule has 4 rings (SSSR count). The Hall–Kier alpha value is -3.34. The van der Waals surface area contributed by atoms with E-state index in [4.69, 9.17) is 4.74 Å². The number of nitrogens with zero attached hydrogens (tertiary/aromatic N) is 3. The monoisotopic (exact) mass is 330 g/mol. The van der Waals surface area contributed by atoms with Gasteiger partial charge in [-0.05, 0) is 48.5 Å². The maximum absolute atomic E-state index is 5.18. The molecule has 5 nitrogen and oxygen atoms in total. The van der Waals surface area contributed by atoms with Gasteiger partial charge < -0.3 is 10.1 Å². The van der Waals surface area contributed by atoms with Crippen LogP contribution < -0.4 is 10.1 Å². The first kappa shape index (κ1) is 15.2. The normalized spacial score (nSPS) is 10.8. The Bertz CT molecular complexity index is 992. The van der Waals surface area contributed by atoms with E-state index < -0.39 is 0 Å². The third-order valence-corrected chi connectivity index (χ3v) is 4.03. The van der Waals surface area contributed by atoms with Gasteiger partial charge in [-0.15, -0.1) is 0 Å². The summed E-state index contributed by atoms with van der Waals surface area (Å²) in [6.07, 6.45) is 1.95. The number of methoxy groups -OCH3 is 1. The first-order valence-corrected chi connectivity index (χ1v) is 8.10. The minimum Gasteiger partial charge on any atom is -0.497 e. The molecule has 25 heavy (non-hydrogen) atoms. The fourth-order valence-corrected chi connectivity index (χ4v) is 2.68. The Labute approximate surface area is 145 Å². The van der Waals surface area contributed by atoms with Crippen LogP contribution in [0.5, 0.6) is 5.75 Å². The Morgan fingerprint density at radius 3 is 2.64 bits per heavy atom. The molecule has 0 aliphatic carbocycles. The van der Waals surface area contributed by atoms with Gasteiger partial charge in [0.1, 0.15) is 11.6 Å². The molecule has 0 aliphatic heterocycles. The second-order valence-corrected chi connectivity index (χ2v) is 5.69. The number of aromatic nitrogens is 3. The van der Waals surface area contributed by atoms with Crippen LogP contribution >= 0.6 is 0 Å². The van der Waals surface area contributed by atoms with Crippen molar-refractivity contribution < 1.29 is 4.74 Å². The zero-order chi connectivity index (χ0) is 17.1. The summed E-state index contributed by atoms with van der Waals surface area (Å²) in [5, 5.41) is 9.06. The van der Waals surface area contributed by atoms with Crippen molar-refractivity contribution in [2.45, 2.75) is 6.54 Å². The van der Waals surface area contributed by atoms with E-state index in [0.29, 0.717) is 6.54 Å². The van der Waals surface area contributed by atoms with E-state index in [1.807, 2.05) is 65.5 Å². The van der Waals surface area contributed by atoms with Gasteiger partial charge in [0.2, 0.25) is 0 Å². The molecule has 4 aromatic rings. The van der Waals surface area contributed by atoms with Gasteiger partial charge in [-0.1, -0.05) is 18.2 Å². The minimum absolute atomic E-state index is 0.620. The molecule has 0 spiro atoms. The summed E-state index contributed by atoms with van der Waals surface area (Å²) in [6.45, 7) is 0.620. The average Bonchev–Trinajstić information content (AvgIpc) is 3.15. The van der Waals surface area contributed by atoms with Gasteiger partial charge in [0.25, 0.3) is 0 Å². The van der Waals surface area contributed by atoms with E-state index in [9.17, 15) is 0 Å². The highest BCUT2D eigenvalue weighted by Crippen LogP contribution is 2.16. The maximum Gasteiger partial charge on any atom is 0.126 e. The second-order valence-electron chi connectivity index (χ2n) is 5.69. The molecule has 0 saturated carbocycles. The second kappa shape index (κ2) is 6.65. The molecule has 0 saturated heterocycles. The summed E-state index contributed by atoms with van der Waals surface area (Å²) in [5.74, 6) is 1.68. The van der Waals surface area contributed by atoms with Crippen molar-refractivity contribution in [3.63, 3.8) is 0 Å². The summed E-state index contributed by atoms with van der Waals surface area (Å²) in [5.41, 5.74) is 2.93. The zero-order valence-corrected chi connectivity index (χ0v) is 13.9. The third-order valence-electron chi connectivity index (χ3n) is 4.03. The summed E-state index contributed by atoms with van der Waals surface area (Å²) < 4.78 is 7.03. The minimum atomic E-state index is 0.620. The largest absolute Gasteiger partial charge is 0.497 e. The fraction of sp³-hybridized carbons (Fsp3) is 0.100. The lowest BCUT2D eigenvalue weighted by atomic mass is 10.2. The predicted molar refractivity (Wildman–Crippen MR) is 99.2 cm³/mol. The summed E-state index contributed by atoms with van der Waals surface area (Å²) >= 11 is 0. The van der Waals surface area contributed by atoms with Gasteiger partial charge in [-0.2, -0.15) is 5.10 Å². The van der Waals surface area contributed by atoms with Gasteiger partial charge in [0, 0.05) is 11.6 Å². The van der Waals surface area contributed by atoms with Crippen LogP contribution in [-0.2, 0) is 6.54 Å². The van der Waals surface area contributed by atoms with Crippen molar-refractivity contribution in [3.05, 3.63) is 78.6 Å². The number of benzene rings is 2. The number of nitrogens with one attached hydrogen (secondary N) is 1. The van der Waals surface area contributed by atoms with E-state index in [2.05, 4.69) is 27.5 Å². The van der Waals surface area contributed by atoms with Crippen LogP contribution in [0.4, 0.5) is 5.82 Å². The first-order valence-electron chi connectivity index (χ1n) is 8.10. The van der Waals surface area contributed by atoms with Crippen molar-refractivity contribution in [2.75, 3.05) is 12.4 Å². The van der Waals surface area contributed by atoms with E-state index in [1.54, 1.807) is 7.11 Å². The highest BCUT2D eigenvalue weighted by Gasteiger charge is 2.03. The molecule has 0 radical (unpaired) electrons. The van der Waals surface area contributed by atoms with Crippen molar-refractivity contribution in [1.82, 2.24) is 14.8 Å². The highest BCUT2D eigenvalue weighted by atomic mass is 16.5. The fourth-order valence-electron chi connectivity index (χ4n) is 2.68. The summed E-state index contributed by atoms with van der Waals surface area (Å²) in [7, 11) is 1.66. The van der Waals surface area contributed by atoms with Crippen molar-refractivity contribution in [3.8, 4) is 11.4 Å². The third kappa shape index (κ3) is 3.30. The maximum atomic E-state index is 5.18. The van der Waals surface area contributed by atoms with Crippen LogP contribution in [0.2, 0.25) is 0 Å². The lowest BCUT2D eigenvalue weighted by molar-refractivity contribution is 0.414. The number of fused-ring (bicyclic) bond motifs is 1. The van der Waals surface area contributed by atoms with Crippen molar-refractivity contribution in [2.24, 2.45) is 0 Å². The molecule has 2 aromatic carbocycles. The Kier molecular flexibility index (Phi) is 4.04. The van der Waals surface area contributed by atoms with Crippen LogP contribution in [0.25, 0.3) is 16.6 Å². The molecule has 0 bridgehead atoms. The molecule has 0 atom stereocenters. The van der Waals surface area contributed by atoms with Crippen molar-refractivity contribution >= 4 is 16.7 Å². The molecule has 124 valence electrons. The number of para-hydroxylation sites is 1.